The van der Waals surface area contributed by atoms with E-state index in [0.29, 0.717) is 5.75 Å². The second-order valence-electron chi connectivity index (χ2n) is 4.10. The van der Waals surface area contributed by atoms with Crippen LogP contribution in [0.3, 0.4) is 0 Å². The van der Waals surface area contributed by atoms with Crippen molar-refractivity contribution in [2.24, 2.45) is 0 Å². The first-order valence-corrected chi connectivity index (χ1v) is 7.79. The van der Waals surface area contributed by atoms with Crippen molar-refractivity contribution in [3.8, 4) is 5.75 Å². The second-order valence-corrected chi connectivity index (χ2v) is 6.35. The van der Waals surface area contributed by atoms with Gasteiger partial charge in [-0.25, -0.2) is 13.2 Å². The molecule has 104 valence electrons. The molecule has 2 aromatic rings. The zero-order valence-electron chi connectivity index (χ0n) is 10.9. The number of carbonyl (C=O) groups excluding carboxylic acids is 1. The summed E-state index contributed by atoms with van der Waals surface area (Å²) in [4.78, 5) is 12.1. The standard InChI is InChI=1S/C15H14O4S/c1-2-20(17,18)14-11-7-6-10-13(14)15(16)19-12-8-4-3-5-9-12/h3-11H,2H2,1H3. The van der Waals surface area contributed by atoms with Crippen molar-refractivity contribution in [3.05, 3.63) is 60.2 Å². The van der Waals surface area contributed by atoms with Gasteiger partial charge in [0, 0.05) is 0 Å². The molecule has 0 bridgehead atoms. The van der Waals surface area contributed by atoms with Crippen molar-refractivity contribution in [2.75, 3.05) is 5.75 Å². The minimum Gasteiger partial charge on any atom is -0.423 e. The van der Waals surface area contributed by atoms with Gasteiger partial charge in [0.15, 0.2) is 9.84 Å². The maximum atomic E-state index is 12.1. The number of esters is 1. The van der Waals surface area contributed by atoms with Crippen LogP contribution in [0.25, 0.3) is 0 Å². The minimum absolute atomic E-state index is 0.00318. The quantitative estimate of drug-likeness (QED) is 0.641. The lowest BCUT2D eigenvalue weighted by Crippen LogP contribution is -2.15. The van der Waals surface area contributed by atoms with Gasteiger partial charge in [0.1, 0.15) is 5.75 Å². The highest BCUT2D eigenvalue weighted by atomic mass is 32.2. The van der Waals surface area contributed by atoms with Gasteiger partial charge in [-0.05, 0) is 24.3 Å². The highest BCUT2D eigenvalue weighted by Crippen LogP contribution is 2.19. The number of sulfone groups is 1. The summed E-state index contributed by atoms with van der Waals surface area (Å²) in [6, 6.07) is 14.6. The zero-order valence-corrected chi connectivity index (χ0v) is 11.8. The van der Waals surface area contributed by atoms with Gasteiger partial charge >= 0.3 is 5.97 Å². The highest BCUT2D eigenvalue weighted by Gasteiger charge is 2.21. The van der Waals surface area contributed by atoms with E-state index in [9.17, 15) is 13.2 Å². The van der Waals surface area contributed by atoms with Gasteiger partial charge in [0.05, 0.1) is 16.2 Å². The molecule has 2 aromatic carbocycles. The Morgan fingerprint density at radius 1 is 1.00 bits per heavy atom. The molecule has 0 N–H and O–H groups in total. The molecule has 0 atom stereocenters. The van der Waals surface area contributed by atoms with Crippen molar-refractivity contribution in [2.45, 2.75) is 11.8 Å². The van der Waals surface area contributed by atoms with Crippen LogP contribution < -0.4 is 4.74 Å². The molecule has 0 fully saturated rings. The fourth-order valence-corrected chi connectivity index (χ4v) is 2.80. The average Bonchev–Trinajstić information content (AvgIpc) is 2.48. The second kappa shape index (κ2) is 5.88. The molecule has 0 aliphatic heterocycles. The smallest absolute Gasteiger partial charge is 0.344 e. The summed E-state index contributed by atoms with van der Waals surface area (Å²) in [5.41, 5.74) is 0.0539. The summed E-state index contributed by atoms with van der Waals surface area (Å²) in [6.07, 6.45) is 0. The van der Waals surface area contributed by atoms with Crippen LogP contribution in [0.1, 0.15) is 17.3 Å². The molecule has 0 heterocycles. The summed E-state index contributed by atoms with van der Waals surface area (Å²) < 4.78 is 29.1. The van der Waals surface area contributed by atoms with Crippen molar-refractivity contribution in [1.82, 2.24) is 0 Å². The van der Waals surface area contributed by atoms with E-state index in [1.807, 2.05) is 0 Å². The Balaban J connectivity index is 2.36. The van der Waals surface area contributed by atoms with Crippen molar-refractivity contribution in [1.29, 1.82) is 0 Å². The maximum absolute atomic E-state index is 12.1. The number of ether oxygens (including phenoxy) is 1. The predicted molar refractivity (Wildman–Crippen MR) is 75.6 cm³/mol. The lowest BCUT2D eigenvalue weighted by Gasteiger charge is -2.09. The molecule has 0 aromatic heterocycles. The molecule has 0 radical (unpaired) electrons. The van der Waals surface area contributed by atoms with Crippen molar-refractivity contribution < 1.29 is 17.9 Å². The number of hydrogen-bond donors (Lipinski definition) is 0. The molecule has 2 rings (SSSR count). The third-order valence-corrected chi connectivity index (χ3v) is 4.56. The van der Waals surface area contributed by atoms with E-state index < -0.39 is 15.8 Å². The lowest BCUT2D eigenvalue weighted by atomic mass is 10.2. The largest absolute Gasteiger partial charge is 0.423 e. The van der Waals surface area contributed by atoms with Crippen LogP contribution in [-0.4, -0.2) is 20.1 Å². The van der Waals surface area contributed by atoms with Gasteiger partial charge in [0.25, 0.3) is 0 Å². The molecule has 0 unspecified atom stereocenters. The SMILES string of the molecule is CCS(=O)(=O)c1ccccc1C(=O)Oc1ccccc1. The molecular formula is C15H14O4S. The molecule has 0 amide bonds. The van der Waals surface area contributed by atoms with Gasteiger partial charge in [0.2, 0.25) is 0 Å². The summed E-state index contributed by atoms with van der Waals surface area (Å²) >= 11 is 0. The molecular weight excluding hydrogens is 276 g/mol. The Labute approximate surface area is 117 Å². The molecule has 0 saturated carbocycles. The van der Waals surface area contributed by atoms with Crippen LogP contribution in [-0.2, 0) is 9.84 Å². The van der Waals surface area contributed by atoms with Gasteiger partial charge < -0.3 is 4.74 Å². The van der Waals surface area contributed by atoms with E-state index >= 15 is 0 Å². The van der Waals surface area contributed by atoms with E-state index in [-0.39, 0.29) is 16.2 Å². The van der Waals surface area contributed by atoms with E-state index in [4.69, 9.17) is 4.74 Å². The summed E-state index contributed by atoms with van der Waals surface area (Å²) in [7, 11) is -3.47. The molecule has 0 spiro atoms. The molecule has 4 nitrogen and oxygen atoms in total. The van der Waals surface area contributed by atoms with Crippen LogP contribution in [0.15, 0.2) is 59.5 Å². The Morgan fingerprint density at radius 2 is 1.60 bits per heavy atom. The number of hydrogen-bond acceptors (Lipinski definition) is 4. The zero-order chi connectivity index (χ0) is 14.6. The predicted octanol–water partition coefficient (Wildman–Crippen LogP) is 2.70. The normalized spacial score (nSPS) is 11.1. The van der Waals surface area contributed by atoms with Crippen LogP contribution in [0.4, 0.5) is 0 Å². The van der Waals surface area contributed by atoms with Gasteiger partial charge in [-0.3, -0.25) is 0 Å². The van der Waals surface area contributed by atoms with Crippen LogP contribution in [0, 0.1) is 0 Å². The third kappa shape index (κ3) is 3.05. The minimum atomic E-state index is -3.47. The van der Waals surface area contributed by atoms with Crippen molar-refractivity contribution in [3.63, 3.8) is 0 Å². The highest BCUT2D eigenvalue weighted by molar-refractivity contribution is 7.91. The van der Waals surface area contributed by atoms with E-state index in [1.54, 1.807) is 42.5 Å². The van der Waals surface area contributed by atoms with Gasteiger partial charge in [-0.15, -0.1) is 0 Å². The van der Waals surface area contributed by atoms with Crippen LogP contribution in [0.2, 0.25) is 0 Å². The molecule has 5 heteroatoms. The van der Waals surface area contributed by atoms with E-state index in [0.717, 1.165) is 0 Å². The number of rotatable bonds is 4. The lowest BCUT2D eigenvalue weighted by molar-refractivity contribution is 0.0730. The fourth-order valence-electron chi connectivity index (χ4n) is 1.71. The average molecular weight is 290 g/mol. The molecule has 20 heavy (non-hydrogen) atoms. The van der Waals surface area contributed by atoms with Crippen LogP contribution >= 0.6 is 0 Å². The summed E-state index contributed by atoms with van der Waals surface area (Å²) in [6.45, 7) is 1.54. The summed E-state index contributed by atoms with van der Waals surface area (Å²) in [5.74, 6) is -0.368. The molecule has 0 saturated heterocycles. The summed E-state index contributed by atoms with van der Waals surface area (Å²) in [5, 5.41) is 0. The third-order valence-electron chi connectivity index (χ3n) is 2.78. The number of para-hydroxylation sites is 1. The van der Waals surface area contributed by atoms with Crippen molar-refractivity contribution >= 4 is 15.8 Å². The van der Waals surface area contributed by atoms with E-state index in [1.165, 1.54) is 19.1 Å². The monoisotopic (exact) mass is 290 g/mol. The first kappa shape index (κ1) is 14.3. The molecule has 0 aliphatic rings. The number of benzene rings is 2. The molecule has 0 aliphatic carbocycles. The Bertz CT molecular complexity index is 706. The van der Waals surface area contributed by atoms with E-state index in [2.05, 4.69) is 0 Å². The number of carbonyl (C=O) groups is 1. The Kier molecular flexibility index (Phi) is 4.20. The van der Waals surface area contributed by atoms with Crippen LogP contribution in [0.5, 0.6) is 5.75 Å². The first-order valence-electron chi connectivity index (χ1n) is 6.13. The fraction of sp³-hybridized carbons (Fsp3) is 0.133. The first-order chi connectivity index (χ1) is 9.54. The Morgan fingerprint density at radius 3 is 2.25 bits per heavy atom. The van der Waals surface area contributed by atoms with Gasteiger partial charge in [-0.2, -0.15) is 0 Å². The topological polar surface area (TPSA) is 60.4 Å². The maximum Gasteiger partial charge on any atom is 0.344 e. The van der Waals surface area contributed by atoms with Gasteiger partial charge in [-0.1, -0.05) is 37.3 Å². The Hall–Kier alpha value is -2.14.